The number of ether oxygens (including phenoxy) is 1. The van der Waals surface area contributed by atoms with E-state index >= 15 is 0 Å². The number of likely N-dealkylation sites (N-methyl/N-ethyl adjacent to an activating group) is 1. The fraction of sp³-hybridized carbons (Fsp3) is 0.333. The molecule has 0 aliphatic rings. The number of benzene rings is 1. The van der Waals surface area contributed by atoms with Crippen molar-refractivity contribution < 1.29 is 13.5 Å². The molecule has 1 aromatic heterocycles. The normalized spacial score (nSPS) is 12.4. The molecule has 5 heteroatoms. The molecule has 0 saturated heterocycles. The first-order valence-corrected chi connectivity index (χ1v) is 6.83. The standard InChI is InChI=1S/C15H17ClFNO2/c1-3-18-11(12-7-8-14(16)20-12)9-10-5-4-6-13(19-2)15(10)17/h4-8,11,18H,3,9H2,1-2H3. The highest BCUT2D eigenvalue weighted by atomic mass is 35.5. The summed E-state index contributed by atoms with van der Waals surface area (Å²) in [5, 5.41) is 3.59. The smallest absolute Gasteiger partial charge is 0.193 e. The first-order chi connectivity index (χ1) is 9.65. The van der Waals surface area contributed by atoms with Gasteiger partial charge in [-0.15, -0.1) is 0 Å². The van der Waals surface area contributed by atoms with Crippen LogP contribution >= 0.6 is 11.6 Å². The zero-order valence-electron chi connectivity index (χ0n) is 11.5. The molecular formula is C15H17ClFNO2. The van der Waals surface area contributed by atoms with Gasteiger partial charge < -0.3 is 14.5 Å². The summed E-state index contributed by atoms with van der Waals surface area (Å²) in [6, 6.07) is 8.47. The molecule has 0 fully saturated rings. The minimum absolute atomic E-state index is 0.130. The lowest BCUT2D eigenvalue weighted by atomic mass is 10.0. The molecule has 0 amide bonds. The maximum atomic E-state index is 14.2. The summed E-state index contributed by atoms with van der Waals surface area (Å²) in [5.74, 6) is 0.602. The summed E-state index contributed by atoms with van der Waals surface area (Å²) in [6.07, 6.45) is 0.459. The Balaban J connectivity index is 2.24. The largest absolute Gasteiger partial charge is 0.494 e. The van der Waals surface area contributed by atoms with Gasteiger partial charge in [-0.05, 0) is 48.3 Å². The highest BCUT2D eigenvalue weighted by Crippen LogP contribution is 2.27. The Kier molecular flexibility index (Phi) is 5.04. The van der Waals surface area contributed by atoms with E-state index in [-0.39, 0.29) is 17.6 Å². The van der Waals surface area contributed by atoms with E-state index < -0.39 is 0 Å². The fourth-order valence-electron chi connectivity index (χ4n) is 2.13. The molecule has 2 rings (SSSR count). The number of hydrogen-bond acceptors (Lipinski definition) is 3. The van der Waals surface area contributed by atoms with E-state index in [4.69, 9.17) is 20.8 Å². The van der Waals surface area contributed by atoms with Crippen molar-refractivity contribution in [3.63, 3.8) is 0 Å². The molecule has 1 heterocycles. The van der Waals surface area contributed by atoms with E-state index in [0.717, 1.165) is 6.54 Å². The molecular weight excluding hydrogens is 281 g/mol. The van der Waals surface area contributed by atoms with E-state index in [9.17, 15) is 4.39 Å². The van der Waals surface area contributed by atoms with E-state index in [1.807, 2.05) is 6.92 Å². The van der Waals surface area contributed by atoms with Gasteiger partial charge in [-0.25, -0.2) is 4.39 Å². The first kappa shape index (κ1) is 14.9. The van der Waals surface area contributed by atoms with Crippen LogP contribution in [0.3, 0.4) is 0 Å². The van der Waals surface area contributed by atoms with Crippen LogP contribution in [-0.2, 0) is 6.42 Å². The summed E-state index contributed by atoms with van der Waals surface area (Å²) in [5.41, 5.74) is 0.572. The van der Waals surface area contributed by atoms with Crippen LogP contribution in [0.4, 0.5) is 4.39 Å². The highest BCUT2D eigenvalue weighted by molar-refractivity contribution is 6.28. The highest BCUT2D eigenvalue weighted by Gasteiger charge is 2.18. The number of halogens is 2. The summed E-state index contributed by atoms with van der Waals surface area (Å²) in [4.78, 5) is 0. The van der Waals surface area contributed by atoms with Crippen LogP contribution in [0.25, 0.3) is 0 Å². The third kappa shape index (κ3) is 3.32. The van der Waals surface area contributed by atoms with Crippen molar-refractivity contribution in [1.82, 2.24) is 5.32 Å². The van der Waals surface area contributed by atoms with Gasteiger partial charge in [-0.1, -0.05) is 19.1 Å². The van der Waals surface area contributed by atoms with Crippen LogP contribution in [0, 0.1) is 5.82 Å². The van der Waals surface area contributed by atoms with Gasteiger partial charge in [0.1, 0.15) is 5.76 Å². The predicted molar refractivity (Wildman–Crippen MR) is 76.8 cm³/mol. The van der Waals surface area contributed by atoms with Crippen molar-refractivity contribution in [3.8, 4) is 5.75 Å². The van der Waals surface area contributed by atoms with Gasteiger partial charge in [-0.3, -0.25) is 0 Å². The lowest BCUT2D eigenvalue weighted by molar-refractivity contribution is 0.378. The third-order valence-electron chi connectivity index (χ3n) is 3.08. The third-order valence-corrected chi connectivity index (χ3v) is 3.28. The molecule has 0 spiro atoms. The average molecular weight is 298 g/mol. The predicted octanol–water partition coefficient (Wildman–Crippen LogP) is 3.97. The van der Waals surface area contributed by atoms with Crippen molar-refractivity contribution in [2.45, 2.75) is 19.4 Å². The van der Waals surface area contributed by atoms with E-state index in [0.29, 0.717) is 23.0 Å². The van der Waals surface area contributed by atoms with Crippen molar-refractivity contribution >= 4 is 11.6 Å². The number of hydrogen-bond donors (Lipinski definition) is 1. The molecule has 108 valence electrons. The Labute approximate surface area is 122 Å². The molecule has 0 radical (unpaired) electrons. The Hall–Kier alpha value is -1.52. The van der Waals surface area contributed by atoms with Gasteiger partial charge in [-0.2, -0.15) is 0 Å². The molecule has 3 nitrogen and oxygen atoms in total. The molecule has 1 aromatic carbocycles. The van der Waals surface area contributed by atoms with Gasteiger partial charge in [0.05, 0.1) is 13.2 Å². The quantitative estimate of drug-likeness (QED) is 0.876. The lowest BCUT2D eigenvalue weighted by Crippen LogP contribution is -2.23. The topological polar surface area (TPSA) is 34.4 Å². The zero-order chi connectivity index (χ0) is 14.5. The minimum atomic E-state index is -0.337. The molecule has 20 heavy (non-hydrogen) atoms. The Morgan fingerprint density at radius 2 is 2.15 bits per heavy atom. The van der Waals surface area contributed by atoms with Crippen LogP contribution in [0.15, 0.2) is 34.7 Å². The summed E-state index contributed by atoms with van der Waals surface area (Å²) in [7, 11) is 1.45. The summed E-state index contributed by atoms with van der Waals surface area (Å²) < 4.78 is 24.6. The number of methoxy groups -OCH3 is 1. The van der Waals surface area contributed by atoms with Crippen molar-refractivity contribution in [2.75, 3.05) is 13.7 Å². The van der Waals surface area contributed by atoms with Crippen LogP contribution in [0.2, 0.25) is 5.22 Å². The second-order valence-electron chi connectivity index (χ2n) is 4.39. The minimum Gasteiger partial charge on any atom is -0.494 e. The zero-order valence-corrected chi connectivity index (χ0v) is 12.2. The first-order valence-electron chi connectivity index (χ1n) is 6.45. The van der Waals surface area contributed by atoms with Crippen LogP contribution in [0.5, 0.6) is 5.75 Å². The van der Waals surface area contributed by atoms with Crippen LogP contribution in [0.1, 0.15) is 24.3 Å². The van der Waals surface area contributed by atoms with E-state index in [1.165, 1.54) is 7.11 Å². The molecule has 0 aliphatic carbocycles. The summed E-state index contributed by atoms with van der Waals surface area (Å²) >= 11 is 5.80. The fourth-order valence-corrected chi connectivity index (χ4v) is 2.28. The SMILES string of the molecule is CCNC(Cc1cccc(OC)c1F)c1ccc(Cl)o1. The van der Waals surface area contributed by atoms with E-state index in [1.54, 1.807) is 30.3 Å². The lowest BCUT2D eigenvalue weighted by Gasteiger charge is -2.16. The van der Waals surface area contributed by atoms with Gasteiger partial charge >= 0.3 is 0 Å². The number of rotatable bonds is 6. The van der Waals surface area contributed by atoms with Crippen molar-refractivity contribution in [3.05, 3.63) is 52.7 Å². The molecule has 0 aliphatic heterocycles. The molecule has 1 N–H and O–H groups in total. The van der Waals surface area contributed by atoms with Gasteiger partial charge in [0, 0.05) is 0 Å². The Bertz CT molecular complexity index is 571. The van der Waals surface area contributed by atoms with E-state index in [2.05, 4.69) is 5.32 Å². The van der Waals surface area contributed by atoms with Gasteiger partial charge in [0.2, 0.25) is 0 Å². The van der Waals surface area contributed by atoms with Crippen LogP contribution < -0.4 is 10.1 Å². The Morgan fingerprint density at radius 1 is 1.35 bits per heavy atom. The monoisotopic (exact) mass is 297 g/mol. The molecule has 1 atom stereocenters. The molecule has 0 bridgehead atoms. The molecule has 1 unspecified atom stereocenters. The number of nitrogens with one attached hydrogen (secondary N) is 1. The van der Waals surface area contributed by atoms with Crippen molar-refractivity contribution in [1.29, 1.82) is 0 Å². The second-order valence-corrected chi connectivity index (χ2v) is 4.76. The molecule has 0 saturated carbocycles. The second kappa shape index (κ2) is 6.77. The van der Waals surface area contributed by atoms with Gasteiger partial charge in [0.15, 0.2) is 16.8 Å². The van der Waals surface area contributed by atoms with Crippen LogP contribution in [-0.4, -0.2) is 13.7 Å². The maximum Gasteiger partial charge on any atom is 0.193 e. The Morgan fingerprint density at radius 3 is 2.75 bits per heavy atom. The number of furan rings is 1. The summed E-state index contributed by atoms with van der Waals surface area (Å²) in [6.45, 7) is 2.73. The molecule has 2 aromatic rings. The van der Waals surface area contributed by atoms with Gasteiger partial charge in [0.25, 0.3) is 0 Å². The maximum absolute atomic E-state index is 14.2. The average Bonchev–Trinajstić information content (AvgIpc) is 2.87. The van der Waals surface area contributed by atoms with Crippen molar-refractivity contribution in [2.24, 2.45) is 0 Å².